The van der Waals surface area contributed by atoms with Crippen LogP contribution in [0.3, 0.4) is 0 Å². The first kappa shape index (κ1) is 34.3. The van der Waals surface area contributed by atoms with Crippen LogP contribution in [-0.2, 0) is 40.5 Å². The number of rotatable bonds is 8. The molecule has 0 aliphatic carbocycles. The van der Waals surface area contributed by atoms with Gasteiger partial charge in [-0.05, 0) is 66.4 Å². The lowest BCUT2D eigenvalue weighted by molar-refractivity contribution is 0.472. The third kappa shape index (κ3) is 6.95. The topological polar surface area (TPSA) is 339 Å². The van der Waals surface area contributed by atoms with Gasteiger partial charge < -0.3 is 16.6 Å². The van der Waals surface area contributed by atoms with E-state index in [4.69, 9.17) is 11.5 Å². The summed E-state index contributed by atoms with van der Waals surface area (Å²) in [5.74, 6) is -1.04. The number of fused-ring (bicyclic) bond motifs is 1. The lowest BCUT2D eigenvalue weighted by atomic mass is 10.0. The number of benzene rings is 4. The van der Waals surface area contributed by atoms with E-state index >= 15 is 0 Å². The molecule has 0 fully saturated rings. The maximum absolute atomic E-state index is 12.2. The molecule has 0 bridgehead atoms. The number of nitrogens with zero attached hydrogens (tertiary/aromatic N) is 4. The number of aryl methyl sites for hydroxylation is 1. The Morgan fingerprint density at radius 2 is 1.09 bits per heavy atom. The highest BCUT2D eigenvalue weighted by Gasteiger charge is 2.26. The third-order valence-corrected chi connectivity index (χ3v) is 9.62. The van der Waals surface area contributed by atoms with Crippen LogP contribution in [0.2, 0.25) is 0 Å². The number of hydrogen-bond acceptors (Lipinski definition) is 15. The Morgan fingerprint density at radius 3 is 1.61 bits per heavy atom. The summed E-state index contributed by atoms with van der Waals surface area (Å²) < 4.78 is 133. The first-order chi connectivity index (χ1) is 21.0. The number of nitrogens with two attached hydrogens (primary N) is 2. The van der Waals surface area contributed by atoms with Crippen molar-refractivity contribution in [1.29, 1.82) is 0 Å². The molecule has 0 saturated heterocycles. The molecule has 0 amide bonds. The van der Waals surface area contributed by atoms with Gasteiger partial charge in [-0.15, -0.1) is 20.5 Å². The molecule has 46 heavy (non-hydrogen) atoms. The Bertz CT molecular complexity index is 2460. The fourth-order valence-electron chi connectivity index (χ4n) is 4.10. The molecule has 244 valence electrons. The number of aromatic hydroxyl groups is 1. The molecule has 0 radical (unpaired) electrons. The summed E-state index contributed by atoms with van der Waals surface area (Å²) in [6, 6.07) is 6.87. The van der Waals surface area contributed by atoms with Crippen LogP contribution in [-0.4, -0.2) is 57.0 Å². The minimum Gasteiger partial charge on any atom is -0.505 e. The summed E-state index contributed by atoms with van der Waals surface area (Å²) in [4.78, 5) is -3.51. The minimum absolute atomic E-state index is 0.0481. The van der Waals surface area contributed by atoms with E-state index in [1.165, 1.54) is 13.0 Å². The largest absolute Gasteiger partial charge is 0.505 e. The van der Waals surface area contributed by atoms with Gasteiger partial charge in [0.15, 0.2) is 5.75 Å². The van der Waals surface area contributed by atoms with Crippen molar-refractivity contribution in [2.75, 3.05) is 11.5 Å². The van der Waals surface area contributed by atoms with E-state index in [1.54, 1.807) is 0 Å². The number of phenolic OH excluding ortho intramolecular Hbond substituents is 1. The highest BCUT2D eigenvalue weighted by molar-refractivity contribution is 7.86. The molecule has 0 aliphatic rings. The fourth-order valence-corrected chi connectivity index (χ4v) is 6.47. The molecule has 0 aromatic heterocycles. The van der Waals surface area contributed by atoms with Crippen molar-refractivity contribution in [2.24, 2.45) is 20.5 Å². The van der Waals surface area contributed by atoms with Gasteiger partial charge in [0.05, 0.1) is 16.0 Å². The molecular formula is C23H20N6O13S4. The van der Waals surface area contributed by atoms with Crippen LogP contribution in [0.25, 0.3) is 10.8 Å². The van der Waals surface area contributed by atoms with Crippen LogP contribution in [0.1, 0.15) is 5.56 Å². The van der Waals surface area contributed by atoms with E-state index in [9.17, 15) is 57.0 Å². The third-order valence-electron chi connectivity index (χ3n) is 6.10. The van der Waals surface area contributed by atoms with Gasteiger partial charge in [0.2, 0.25) is 0 Å². The van der Waals surface area contributed by atoms with E-state index < -0.39 is 88.6 Å². The van der Waals surface area contributed by atoms with Gasteiger partial charge in [0.1, 0.15) is 37.4 Å². The standard InChI is InChI=1S/C23H20N6O13S4/c1-10-6-11-7-18(46(40,41)42)22(29-26-14-8-12(24)2-4-16(14)44(34,35)36)23(30)19(11)20(25)21(10)28-27-15-9-13(43(31,32)33)3-5-17(15)45(37,38)39/h2-9,30H,24-25H2,1H3,(H,31,32,33)(H,34,35,36)(H,37,38,39)(H,40,41,42). The molecule has 19 nitrogen and oxygen atoms in total. The molecule has 9 N–H and O–H groups in total. The average molecular weight is 717 g/mol. The highest BCUT2D eigenvalue weighted by Crippen LogP contribution is 2.47. The first-order valence-electron chi connectivity index (χ1n) is 11.9. The molecule has 4 rings (SSSR count). The Hall–Kier alpha value is -4.62. The molecule has 4 aromatic rings. The number of azo groups is 2. The molecule has 23 heteroatoms. The second-order valence-electron chi connectivity index (χ2n) is 9.28. The number of phenols is 1. The van der Waals surface area contributed by atoms with Crippen molar-refractivity contribution in [3.8, 4) is 5.75 Å². The summed E-state index contributed by atoms with van der Waals surface area (Å²) >= 11 is 0. The van der Waals surface area contributed by atoms with Gasteiger partial charge in [-0.1, -0.05) is 0 Å². The van der Waals surface area contributed by atoms with E-state index in [-0.39, 0.29) is 27.7 Å². The maximum atomic E-state index is 12.2. The molecule has 0 saturated carbocycles. The number of nitrogen functional groups attached to an aromatic ring is 2. The van der Waals surface area contributed by atoms with Crippen LogP contribution < -0.4 is 11.5 Å². The monoisotopic (exact) mass is 716 g/mol. The number of anilines is 2. The van der Waals surface area contributed by atoms with Gasteiger partial charge >= 0.3 is 0 Å². The molecule has 0 aliphatic heterocycles. The molecule has 0 heterocycles. The first-order valence-corrected chi connectivity index (χ1v) is 17.6. The summed E-state index contributed by atoms with van der Waals surface area (Å²) in [5.41, 5.74) is 8.88. The summed E-state index contributed by atoms with van der Waals surface area (Å²) in [6.45, 7) is 1.37. The summed E-state index contributed by atoms with van der Waals surface area (Å²) in [5, 5.41) is 25.3. The number of hydrogen-bond donors (Lipinski definition) is 7. The Kier molecular flexibility index (Phi) is 8.66. The SMILES string of the molecule is Cc1cc2cc(S(=O)(=O)O)c(N=Nc3cc(N)ccc3S(=O)(=O)O)c(O)c2c(N)c1N=Nc1cc(S(=O)(=O)O)ccc1S(=O)(=O)O. The van der Waals surface area contributed by atoms with Gasteiger partial charge in [-0.2, -0.15) is 33.7 Å². The Labute approximate surface area is 259 Å². The van der Waals surface area contributed by atoms with Gasteiger partial charge in [0.25, 0.3) is 40.5 Å². The normalized spacial score (nSPS) is 13.2. The van der Waals surface area contributed by atoms with Crippen LogP contribution in [0, 0.1) is 6.92 Å². The summed E-state index contributed by atoms with van der Waals surface area (Å²) in [6.07, 6.45) is 0. The van der Waals surface area contributed by atoms with Gasteiger partial charge in [-0.3, -0.25) is 18.2 Å². The Balaban J connectivity index is 2.00. The van der Waals surface area contributed by atoms with E-state index in [0.717, 1.165) is 24.3 Å². The van der Waals surface area contributed by atoms with Crippen LogP contribution in [0.15, 0.2) is 88.6 Å². The van der Waals surface area contributed by atoms with Crippen LogP contribution >= 0.6 is 0 Å². The predicted octanol–water partition coefficient (Wildman–Crippen LogP) is 3.84. The molecule has 0 spiro atoms. The smallest absolute Gasteiger partial charge is 0.296 e. The van der Waals surface area contributed by atoms with Crippen molar-refractivity contribution in [3.05, 3.63) is 54.1 Å². The van der Waals surface area contributed by atoms with Crippen LogP contribution in [0.5, 0.6) is 5.75 Å². The average Bonchev–Trinajstić information content (AvgIpc) is 2.89. The highest BCUT2D eigenvalue weighted by atomic mass is 32.2. The van der Waals surface area contributed by atoms with Crippen LogP contribution in [0.4, 0.5) is 34.1 Å². The van der Waals surface area contributed by atoms with Crippen molar-refractivity contribution in [2.45, 2.75) is 26.5 Å². The van der Waals surface area contributed by atoms with E-state index in [2.05, 4.69) is 20.5 Å². The molecular weight excluding hydrogens is 697 g/mol. The van der Waals surface area contributed by atoms with E-state index in [0.29, 0.717) is 18.2 Å². The fraction of sp³-hybridized carbons (Fsp3) is 0.0435. The van der Waals surface area contributed by atoms with Gasteiger partial charge in [-0.25, -0.2) is 0 Å². The lowest BCUT2D eigenvalue weighted by Gasteiger charge is -2.14. The second-order valence-corrected chi connectivity index (χ2v) is 14.9. The Morgan fingerprint density at radius 1 is 0.587 bits per heavy atom. The van der Waals surface area contributed by atoms with Gasteiger partial charge in [0, 0.05) is 5.69 Å². The molecule has 0 unspecified atom stereocenters. The predicted molar refractivity (Wildman–Crippen MR) is 160 cm³/mol. The second kappa shape index (κ2) is 11.6. The summed E-state index contributed by atoms with van der Waals surface area (Å²) in [7, 11) is -19.9. The van der Waals surface area contributed by atoms with Crippen molar-refractivity contribution < 1.29 is 57.0 Å². The molecule has 0 atom stereocenters. The minimum atomic E-state index is -5.15. The zero-order valence-corrected chi connectivity index (χ0v) is 26.0. The quantitative estimate of drug-likeness (QED) is 0.0773. The van der Waals surface area contributed by atoms with Crippen molar-refractivity contribution in [3.63, 3.8) is 0 Å². The molecule has 4 aromatic carbocycles. The maximum Gasteiger partial charge on any atom is 0.296 e. The van der Waals surface area contributed by atoms with Crippen molar-refractivity contribution in [1.82, 2.24) is 0 Å². The lowest BCUT2D eigenvalue weighted by Crippen LogP contribution is -2.02. The van der Waals surface area contributed by atoms with E-state index in [1.807, 2.05) is 0 Å². The zero-order valence-electron chi connectivity index (χ0n) is 22.7. The van der Waals surface area contributed by atoms with Crippen molar-refractivity contribution >= 4 is 85.4 Å². The zero-order chi connectivity index (χ0) is 34.6.